The monoisotopic (exact) mass is 235 g/mol. The standard InChI is InChI=1S/C9H13N7O/c1-5-8(10)9(14-13-5)16-4-6(2-7(16)17)3-12-15-11/h6H,2-4,10H2,1H3,(H,13,14). The second-order valence-electron chi connectivity index (χ2n) is 4.07. The van der Waals surface area contributed by atoms with Crippen LogP contribution in [0.4, 0.5) is 11.5 Å². The van der Waals surface area contributed by atoms with Crippen LogP contribution in [-0.2, 0) is 4.79 Å². The van der Waals surface area contributed by atoms with Gasteiger partial charge in [0, 0.05) is 24.4 Å². The van der Waals surface area contributed by atoms with Crippen molar-refractivity contribution in [3.05, 3.63) is 16.1 Å². The number of rotatable bonds is 3. The SMILES string of the molecule is Cc1[nH]nc(N2CC(CN=[N+]=[N-])CC2=O)c1N. The summed E-state index contributed by atoms with van der Waals surface area (Å²) in [6, 6.07) is 0. The van der Waals surface area contributed by atoms with Gasteiger partial charge in [-0.15, -0.1) is 0 Å². The summed E-state index contributed by atoms with van der Waals surface area (Å²) >= 11 is 0. The molecule has 0 saturated carbocycles. The van der Waals surface area contributed by atoms with E-state index in [1.54, 1.807) is 6.92 Å². The number of aryl methyl sites for hydroxylation is 1. The number of nitrogen functional groups attached to an aromatic ring is 1. The molecule has 1 unspecified atom stereocenters. The van der Waals surface area contributed by atoms with E-state index in [-0.39, 0.29) is 11.8 Å². The zero-order valence-electron chi connectivity index (χ0n) is 9.42. The van der Waals surface area contributed by atoms with E-state index in [0.717, 1.165) is 5.69 Å². The van der Waals surface area contributed by atoms with Gasteiger partial charge in [-0.3, -0.25) is 14.8 Å². The molecule has 8 nitrogen and oxygen atoms in total. The first-order valence-electron chi connectivity index (χ1n) is 5.25. The number of nitrogens with one attached hydrogen (secondary N) is 1. The van der Waals surface area contributed by atoms with Gasteiger partial charge in [0.05, 0.1) is 11.4 Å². The van der Waals surface area contributed by atoms with Crippen LogP contribution < -0.4 is 10.6 Å². The highest BCUT2D eigenvalue weighted by Crippen LogP contribution is 2.29. The molecule has 2 heterocycles. The van der Waals surface area contributed by atoms with E-state index in [4.69, 9.17) is 11.3 Å². The summed E-state index contributed by atoms with van der Waals surface area (Å²) in [7, 11) is 0. The fourth-order valence-corrected chi connectivity index (χ4v) is 1.89. The van der Waals surface area contributed by atoms with Crippen LogP contribution in [0.1, 0.15) is 12.1 Å². The summed E-state index contributed by atoms with van der Waals surface area (Å²) in [6.07, 6.45) is 0.365. The molecule has 1 aromatic rings. The summed E-state index contributed by atoms with van der Waals surface area (Å²) in [4.78, 5) is 16.0. The molecule has 90 valence electrons. The maximum Gasteiger partial charge on any atom is 0.228 e. The molecule has 0 radical (unpaired) electrons. The van der Waals surface area contributed by atoms with Crippen LogP contribution >= 0.6 is 0 Å². The van der Waals surface area contributed by atoms with Gasteiger partial charge in [-0.05, 0) is 18.4 Å². The fraction of sp³-hybridized carbons (Fsp3) is 0.556. The van der Waals surface area contributed by atoms with Gasteiger partial charge >= 0.3 is 0 Å². The molecule has 1 fully saturated rings. The molecule has 1 amide bonds. The van der Waals surface area contributed by atoms with Gasteiger partial charge in [-0.25, -0.2) is 0 Å². The van der Waals surface area contributed by atoms with Crippen LogP contribution in [0, 0.1) is 12.8 Å². The van der Waals surface area contributed by atoms with E-state index >= 15 is 0 Å². The fourth-order valence-electron chi connectivity index (χ4n) is 1.89. The highest BCUT2D eigenvalue weighted by atomic mass is 16.2. The van der Waals surface area contributed by atoms with Crippen molar-refractivity contribution in [3.63, 3.8) is 0 Å². The van der Waals surface area contributed by atoms with Gasteiger partial charge in [0.1, 0.15) is 0 Å². The van der Waals surface area contributed by atoms with E-state index in [2.05, 4.69) is 20.2 Å². The van der Waals surface area contributed by atoms with Crippen LogP contribution in [0.2, 0.25) is 0 Å². The van der Waals surface area contributed by atoms with Crippen LogP contribution in [0.3, 0.4) is 0 Å². The molecule has 1 aliphatic rings. The van der Waals surface area contributed by atoms with Crippen molar-refractivity contribution in [3.8, 4) is 0 Å². The van der Waals surface area contributed by atoms with Crippen molar-refractivity contribution in [1.82, 2.24) is 10.2 Å². The van der Waals surface area contributed by atoms with Crippen LogP contribution in [-0.4, -0.2) is 29.2 Å². The minimum atomic E-state index is -0.0404. The number of aromatic amines is 1. The number of hydrogen-bond acceptors (Lipinski definition) is 4. The average molecular weight is 235 g/mol. The van der Waals surface area contributed by atoms with E-state index < -0.39 is 0 Å². The maximum absolute atomic E-state index is 11.8. The number of azide groups is 1. The van der Waals surface area contributed by atoms with E-state index in [1.165, 1.54) is 4.90 Å². The number of anilines is 2. The lowest BCUT2D eigenvalue weighted by molar-refractivity contribution is -0.117. The first-order chi connectivity index (χ1) is 8.13. The molecule has 0 aromatic carbocycles. The number of aromatic nitrogens is 2. The molecule has 0 aliphatic carbocycles. The number of hydrogen-bond donors (Lipinski definition) is 2. The lowest BCUT2D eigenvalue weighted by Gasteiger charge is -2.13. The Hall–Kier alpha value is -2.21. The van der Waals surface area contributed by atoms with Crippen LogP contribution in [0.5, 0.6) is 0 Å². The molecule has 3 N–H and O–H groups in total. The smallest absolute Gasteiger partial charge is 0.228 e. The molecule has 17 heavy (non-hydrogen) atoms. The quantitative estimate of drug-likeness (QED) is 0.460. The lowest BCUT2D eigenvalue weighted by Crippen LogP contribution is -2.26. The minimum absolute atomic E-state index is 0.0369. The Morgan fingerprint density at radius 1 is 1.76 bits per heavy atom. The third-order valence-electron chi connectivity index (χ3n) is 2.84. The first kappa shape index (κ1) is 11.3. The first-order valence-corrected chi connectivity index (χ1v) is 5.25. The molecule has 0 bridgehead atoms. The zero-order chi connectivity index (χ0) is 12.4. The maximum atomic E-state index is 11.8. The Morgan fingerprint density at radius 3 is 3.12 bits per heavy atom. The number of nitrogens with two attached hydrogens (primary N) is 1. The number of H-pyrrole nitrogens is 1. The molecule has 1 aliphatic heterocycles. The summed E-state index contributed by atoms with van der Waals surface area (Å²) in [6.45, 7) is 2.61. The van der Waals surface area contributed by atoms with E-state index in [9.17, 15) is 4.79 Å². The molecule has 1 saturated heterocycles. The van der Waals surface area contributed by atoms with Crippen molar-refractivity contribution in [2.24, 2.45) is 11.0 Å². The van der Waals surface area contributed by atoms with Crippen molar-refractivity contribution < 1.29 is 4.79 Å². The molecule has 1 atom stereocenters. The second kappa shape index (κ2) is 4.34. The van der Waals surface area contributed by atoms with Gasteiger partial charge in [0.2, 0.25) is 5.91 Å². The van der Waals surface area contributed by atoms with Crippen molar-refractivity contribution >= 4 is 17.4 Å². The highest BCUT2D eigenvalue weighted by Gasteiger charge is 2.32. The second-order valence-corrected chi connectivity index (χ2v) is 4.07. The van der Waals surface area contributed by atoms with Gasteiger partial charge in [0.25, 0.3) is 0 Å². The normalized spacial score (nSPS) is 19.5. The Morgan fingerprint density at radius 2 is 2.53 bits per heavy atom. The molecule has 0 spiro atoms. The van der Waals surface area contributed by atoms with E-state index in [0.29, 0.717) is 31.0 Å². The highest BCUT2D eigenvalue weighted by molar-refractivity contribution is 5.97. The Bertz CT molecular complexity index is 488. The molecule has 1 aromatic heterocycles. The Labute approximate surface area is 97.4 Å². The molecular weight excluding hydrogens is 222 g/mol. The van der Waals surface area contributed by atoms with Crippen LogP contribution in [0.15, 0.2) is 5.11 Å². The zero-order valence-corrected chi connectivity index (χ0v) is 9.42. The summed E-state index contributed by atoms with van der Waals surface area (Å²) in [5, 5.41) is 10.2. The summed E-state index contributed by atoms with van der Waals surface area (Å²) < 4.78 is 0. The number of amides is 1. The summed E-state index contributed by atoms with van der Waals surface area (Å²) in [5.41, 5.74) is 15.3. The predicted molar refractivity (Wildman–Crippen MR) is 62.2 cm³/mol. The average Bonchev–Trinajstić information content (AvgIpc) is 2.82. The third-order valence-corrected chi connectivity index (χ3v) is 2.84. The van der Waals surface area contributed by atoms with Crippen molar-refractivity contribution in [1.29, 1.82) is 0 Å². The third kappa shape index (κ3) is 2.02. The van der Waals surface area contributed by atoms with Crippen molar-refractivity contribution in [2.75, 3.05) is 23.7 Å². The number of nitrogens with zero attached hydrogens (tertiary/aromatic N) is 5. The van der Waals surface area contributed by atoms with Gasteiger partial charge in [-0.2, -0.15) is 5.10 Å². The minimum Gasteiger partial charge on any atom is -0.394 e. The Balaban J connectivity index is 2.15. The molecular formula is C9H13N7O. The largest absolute Gasteiger partial charge is 0.394 e. The predicted octanol–water partition coefficient (Wildman–Crippen LogP) is 0.964. The number of carbonyl (C=O) groups is 1. The lowest BCUT2D eigenvalue weighted by atomic mass is 10.1. The van der Waals surface area contributed by atoms with Gasteiger partial charge in [0.15, 0.2) is 5.82 Å². The van der Waals surface area contributed by atoms with E-state index in [1.807, 2.05) is 0 Å². The van der Waals surface area contributed by atoms with Crippen molar-refractivity contribution in [2.45, 2.75) is 13.3 Å². The Kier molecular flexibility index (Phi) is 2.88. The topological polar surface area (TPSA) is 124 Å². The van der Waals surface area contributed by atoms with Gasteiger partial charge in [-0.1, -0.05) is 5.11 Å². The molecule has 8 heteroatoms. The number of carbonyl (C=O) groups excluding carboxylic acids is 1. The van der Waals surface area contributed by atoms with Crippen LogP contribution in [0.25, 0.3) is 10.4 Å². The van der Waals surface area contributed by atoms with Gasteiger partial charge < -0.3 is 5.73 Å². The summed E-state index contributed by atoms with van der Waals surface area (Å²) in [5.74, 6) is 0.465. The molecule has 2 rings (SSSR count).